The quantitative estimate of drug-likeness (QED) is 0.605. The van der Waals surface area contributed by atoms with Gasteiger partial charge >= 0.3 is 5.97 Å². The standard InChI is InChI=1S/C20H22FNO6/c1-26-5-6-28-12-16-9-14(3-4-18(16)21)19(23)22-17-8-13(11-27-2)7-15(10-17)20(24)25/h3-4,7-10H,5-6,11-12H2,1-2H3,(H,22,23)(H,24,25). The van der Waals surface area contributed by atoms with Crippen LogP contribution in [0.4, 0.5) is 10.1 Å². The van der Waals surface area contributed by atoms with Crippen molar-refractivity contribution in [2.75, 3.05) is 32.8 Å². The van der Waals surface area contributed by atoms with Crippen molar-refractivity contribution in [3.8, 4) is 0 Å². The van der Waals surface area contributed by atoms with E-state index in [9.17, 15) is 19.1 Å². The van der Waals surface area contributed by atoms with Gasteiger partial charge in [-0.1, -0.05) is 0 Å². The largest absolute Gasteiger partial charge is 0.478 e. The predicted octanol–water partition coefficient (Wildman–Crippen LogP) is 3.09. The van der Waals surface area contributed by atoms with E-state index >= 15 is 0 Å². The Morgan fingerprint density at radius 2 is 1.79 bits per heavy atom. The third-order valence-corrected chi connectivity index (χ3v) is 3.81. The Hall–Kier alpha value is -2.81. The SMILES string of the molecule is COCCOCc1cc(C(=O)Nc2cc(COC)cc(C(=O)O)c2)ccc1F. The third-order valence-electron chi connectivity index (χ3n) is 3.81. The van der Waals surface area contributed by atoms with Gasteiger partial charge in [-0.2, -0.15) is 0 Å². The summed E-state index contributed by atoms with van der Waals surface area (Å²) in [5.41, 5.74) is 1.39. The Morgan fingerprint density at radius 1 is 1.00 bits per heavy atom. The number of halogens is 1. The molecule has 0 bridgehead atoms. The average molecular weight is 391 g/mol. The van der Waals surface area contributed by atoms with Gasteiger partial charge in [0.2, 0.25) is 0 Å². The van der Waals surface area contributed by atoms with Crippen LogP contribution >= 0.6 is 0 Å². The first-order valence-corrected chi connectivity index (χ1v) is 8.47. The fourth-order valence-electron chi connectivity index (χ4n) is 2.49. The van der Waals surface area contributed by atoms with Crippen molar-refractivity contribution in [3.63, 3.8) is 0 Å². The van der Waals surface area contributed by atoms with Crippen LogP contribution in [0.5, 0.6) is 0 Å². The van der Waals surface area contributed by atoms with Gasteiger partial charge in [-0.25, -0.2) is 9.18 Å². The molecule has 0 heterocycles. The second-order valence-electron chi connectivity index (χ2n) is 5.96. The molecule has 0 aliphatic carbocycles. The summed E-state index contributed by atoms with van der Waals surface area (Å²) in [7, 11) is 3.02. The fraction of sp³-hybridized carbons (Fsp3) is 0.300. The van der Waals surface area contributed by atoms with Crippen LogP contribution in [0.15, 0.2) is 36.4 Å². The van der Waals surface area contributed by atoms with Crippen molar-refractivity contribution in [2.45, 2.75) is 13.2 Å². The molecular weight excluding hydrogens is 369 g/mol. The summed E-state index contributed by atoms with van der Waals surface area (Å²) in [5.74, 6) is -2.10. The zero-order chi connectivity index (χ0) is 20.5. The summed E-state index contributed by atoms with van der Waals surface area (Å²) in [4.78, 5) is 23.8. The maximum absolute atomic E-state index is 13.9. The van der Waals surface area contributed by atoms with Crippen LogP contribution in [-0.2, 0) is 27.4 Å². The molecule has 0 aromatic heterocycles. The molecule has 0 saturated heterocycles. The highest BCUT2D eigenvalue weighted by molar-refractivity contribution is 6.05. The molecule has 0 unspecified atom stereocenters. The topological polar surface area (TPSA) is 94.1 Å². The first kappa shape index (κ1) is 21.5. The molecule has 0 fully saturated rings. The molecule has 150 valence electrons. The van der Waals surface area contributed by atoms with Crippen LogP contribution in [0.3, 0.4) is 0 Å². The zero-order valence-corrected chi connectivity index (χ0v) is 15.7. The summed E-state index contributed by atoms with van der Waals surface area (Å²) in [5, 5.41) is 11.9. The number of benzene rings is 2. The van der Waals surface area contributed by atoms with Gasteiger partial charge in [0.25, 0.3) is 5.91 Å². The molecule has 0 spiro atoms. The molecule has 2 rings (SSSR count). The maximum Gasteiger partial charge on any atom is 0.335 e. The Kier molecular flexibility index (Phi) is 8.06. The van der Waals surface area contributed by atoms with Crippen molar-refractivity contribution < 1.29 is 33.3 Å². The van der Waals surface area contributed by atoms with Gasteiger partial charge in [0.1, 0.15) is 5.82 Å². The van der Waals surface area contributed by atoms with Crippen molar-refractivity contribution >= 4 is 17.6 Å². The van der Waals surface area contributed by atoms with Gasteiger partial charge in [0, 0.05) is 31.0 Å². The second kappa shape index (κ2) is 10.5. The number of ether oxygens (including phenoxy) is 3. The molecule has 8 heteroatoms. The van der Waals surface area contributed by atoms with Crippen molar-refractivity contribution in [1.82, 2.24) is 0 Å². The minimum Gasteiger partial charge on any atom is -0.478 e. The number of anilines is 1. The Bertz CT molecular complexity index is 839. The summed E-state index contributed by atoms with van der Waals surface area (Å²) < 4.78 is 29.1. The van der Waals surface area contributed by atoms with E-state index in [1.165, 1.54) is 44.6 Å². The highest BCUT2D eigenvalue weighted by Gasteiger charge is 2.13. The number of aromatic carboxylic acids is 1. The molecule has 2 aromatic carbocycles. The van der Waals surface area contributed by atoms with E-state index < -0.39 is 17.7 Å². The molecule has 0 aliphatic rings. The maximum atomic E-state index is 13.9. The number of amides is 1. The molecule has 0 saturated carbocycles. The number of nitrogens with one attached hydrogen (secondary N) is 1. The first-order chi connectivity index (χ1) is 13.4. The highest BCUT2D eigenvalue weighted by atomic mass is 19.1. The Morgan fingerprint density at radius 3 is 2.46 bits per heavy atom. The van der Waals surface area contributed by atoms with E-state index in [1.54, 1.807) is 6.07 Å². The summed E-state index contributed by atoms with van der Waals surface area (Å²) in [6.45, 7) is 0.883. The number of carboxylic acids is 1. The minimum absolute atomic E-state index is 0.00278. The second-order valence-corrected chi connectivity index (χ2v) is 5.96. The van der Waals surface area contributed by atoms with Crippen LogP contribution in [0, 0.1) is 5.82 Å². The molecule has 0 radical (unpaired) electrons. The van der Waals surface area contributed by atoms with Crippen LogP contribution in [0.2, 0.25) is 0 Å². The molecule has 7 nitrogen and oxygen atoms in total. The van der Waals surface area contributed by atoms with Crippen LogP contribution in [0.25, 0.3) is 0 Å². The van der Waals surface area contributed by atoms with Crippen molar-refractivity contribution in [1.29, 1.82) is 0 Å². The molecule has 1 amide bonds. The molecule has 0 aliphatic heterocycles. The lowest BCUT2D eigenvalue weighted by Crippen LogP contribution is -2.14. The van der Waals surface area contributed by atoms with Gasteiger partial charge in [-0.05, 0) is 42.0 Å². The van der Waals surface area contributed by atoms with Crippen LogP contribution in [-0.4, -0.2) is 44.4 Å². The molecule has 2 N–H and O–H groups in total. The van der Waals surface area contributed by atoms with E-state index in [-0.39, 0.29) is 29.9 Å². The zero-order valence-electron chi connectivity index (χ0n) is 15.7. The number of rotatable bonds is 10. The Labute approximate surface area is 162 Å². The molecular formula is C20H22FNO6. The summed E-state index contributed by atoms with van der Waals surface area (Å²) >= 11 is 0. The summed E-state index contributed by atoms with van der Waals surface area (Å²) in [6, 6.07) is 8.36. The lowest BCUT2D eigenvalue weighted by molar-refractivity contribution is 0.0604. The van der Waals surface area contributed by atoms with E-state index in [2.05, 4.69) is 5.32 Å². The predicted molar refractivity (Wildman–Crippen MR) is 100.0 cm³/mol. The van der Waals surface area contributed by atoms with Crippen molar-refractivity contribution in [3.05, 3.63) is 64.5 Å². The fourth-order valence-corrected chi connectivity index (χ4v) is 2.49. The van der Waals surface area contributed by atoms with Gasteiger partial charge in [0.15, 0.2) is 0 Å². The van der Waals surface area contributed by atoms with Crippen LogP contribution in [0.1, 0.15) is 31.8 Å². The number of methoxy groups -OCH3 is 2. The number of hydrogen-bond donors (Lipinski definition) is 2. The van der Waals surface area contributed by atoms with E-state index in [1.807, 2.05) is 0 Å². The third kappa shape index (κ3) is 6.12. The molecule has 2 aromatic rings. The van der Waals surface area contributed by atoms with Gasteiger partial charge in [-0.3, -0.25) is 4.79 Å². The Balaban J connectivity index is 2.17. The number of carboxylic acid groups (broad SMARTS) is 1. The molecule has 28 heavy (non-hydrogen) atoms. The van der Waals surface area contributed by atoms with E-state index in [4.69, 9.17) is 14.2 Å². The normalized spacial score (nSPS) is 10.7. The smallest absolute Gasteiger partial charge is 0.335 e. The number of carbonyl (C=O) groups excluding carboxylic acids is 1. The van der Waals surface area contributed by atoms with Gasteiger partial charge in [-0.15, -0.1) is 0 Å². The van der Waals surface area contributed by atoms with E-state index in [0.717, 1.165) is 0 Å². The lowest BCUT2D eigenvalue weighted by atomic mass is 10.1. The van der Waals surface area contributed by atoms with Crippen molar-refractivity contribution in [2.24, 2.45) is 0 Å². The van der Waals surface area contributed by atoms with Crippen LogP contribution < -0.4 is 5.32 Å². The van der Waals surface area contributed by atoms with Gasteiger partial charge < -0.3 is 24.6 Å². The minimum atomic E-state index is -1.12. The van der Waals surface area contributed by atoms with Gasteiger partial charge in [0.05, 0.1) is 32.0 Å². The lowest BCUT2D eigenvalue weighted by Gasteiger charge is -2.11. The first-order valence-electron chi connectivity index (χ1n) is 8.47. The number of carbonyl (C=O) groups is 2. The monoisotopic (exact) mass is 391 g/mol. The highest BCUT2D eigenvalue weighted by Crippen LogP contribution is 2.18. The average Bonchev–Trinajstić information content (AvgIpc) is 2.66. The number of hydrogen-bond acceptors (Lipinski definition) is 5. The van der Waals surface area contributed by atoms with E-state index in [0.29, 0.717) is 24.5 Å². The molecule has 0 atom stereocenters. The summed E-state index contributed by atoms with van der Waals surface area (Å²) in [6.07, 6.45) is 0.